The summed E-state index contributed by atoms with van der Waals surface area (Å²) in [5, 5.41) is 0. The third-order valence-electron chi connectivity index (χ3n) is 5.94. The maximum atomic E-state index is 12.7. The van der Waals surface area contributed by atoms with Crippen LogP contribution in [-0.4, -0.2) is 24.1 Å². The second-order valence-corrected chi connectivity index (χ2v) is 7.88. The number of esters is 2. The fraction of sp³-hybridized carbons (Fsp3) is 0.481. The Balaban J connectivity index is 2.10. The lowest BCUT2D eigenvalue weighted by Crippen LogP contribution is -2.37. The lowest BCUT2D eigenvalue weighted by atomic mass is 9.89. The number of hydrogen-bond acceptors (Lipinski definition) is 4. The molecule has 4 heteroatoms. The van der Waals surface area contributed by atoms with Gasteiger partial charge in [-0.2, -0.15) is 0 Å². The van der Waals surface area contributed by atoms with Gasteiger partial charge in [-0.15, -0.1) is 0 Å². The Labute approximate surface area is 187 Å². The zero-order valence-electron chi connectivity index (χ0n) is 19.5. The summed E-state index contributed by atoms with van der Waals surface area (Å²) in [7, 11) is 0. The number of hydrogen-bond donors (Lipinski definition) is 0. The van der Waals surface area contributed by atoms with E-state index < -0.39 is 0 Å². The topological polar surface area (TPSA) is 52.6 Å². The van der Waals surface area contributed by atoms with Gasteiger partial charge in [-0.05, 0) is 67.5 Å². The maximum absolute atomic E-state index is 12.7. The second kappa shape index (κ2) is 12.3. The molecule has 0 N–H and O–H groups in total. The van der Waals surface area contributed by atoms with Gasteiger partial charge in [0.2, 0.25) is 0 Å². The highest BCUT2D eigenvalue weighted by atomic mass is 16.6. The van der Waals surface area contributed by atoms with E-state index in [1.165, 1.54) is 11.1 Å². The number of ether oxygens (including phenoxy) is 2. The van der Waals surface area contributed by atoms with Gasteiger partial charge in [-0.1, -0.05) is 58.9 Å². The van der Waals surface area contributed by atoms with E-state index in [-0.39, 0.29) is 30.1 Å². The minimum absolute atomic E-state index is 0.0623. The second-order valence-electron chi connectivity index (χ2n) is 7.88. The van der Waals surface area contributed by atoms with Crippen molar-refractivity contribution in [2.24, 2.45) is 5.92 Å². The largest absolute Gasteiger partial charge is 0.458 e. The van der Waals surface area contributed by atoms with Gasteiger partial charge in [0.05, 0.1) is 11.1 Å². The molecule has 0 bridgehead atoms. The molecule has 2 rings (SSSR count). The van der Waals surface area contributed by atoms with Crippen LogP contribution >= 0.6 is 0 Å². The highest BCUT2D eigenvalue weighted by molar-refractivity contribution is 5.90. The van der Waals surface area contributed by atoms with Crippen molar-refractivity contribution < 1.29 is 19.1 Å². The molecule has 2 aromatic carbocycles. The Morgan fingerprint density at radius 3 is 1.23 bits per heavy atom. The smallest absolute Gasteiger partial charge is 0.338 e. The van der Waals surface area contributed by atoms with Crippen LogP contribution in [0.3, 0.4) is 0 Å². The molecule has 0 spiro atoms. The van der Waals surface area contributed by atoms with E-state index in [0.717, 1.165) is 19.3 Å². The zero-order chi connectivity index (χ0) is 22.8. The molecule has 168 valence electrons. The molecule has 2 aromatic rings. The van der Waals surface area contributed by atoms with Crippen LogP contribution in [0.2, 0.25) is 0 Å². The first-order valence-corrected chi connectivity index (χ1v) is 11.6. The van der Waals surface area contributed by atoms with Crippen LogP contribution in [0, 0.1) is 5.92 Å². The molecule has 2 unspecified atom stereocenters. The van der Waals surface area contributed by atoms with Crippen molar-refractivity contribution >= 4 is 11.9 Å². The Kier molecular flexibility index (Phi) is 9.77. The maximum Gasteiger partial charge on any atom is 0.338 e. The standard InChI is InChI=1S/C27H36O4/c1-6-19-11-15-21(16-12-19)26(28)30-24(9-4)23(8-3)25(10-5)31-27(29)22-17-13-20(7-2)14-18-22/h11-18,23-25H,6-10H2,1-5H3. The van der Waals surface area contributed by atoms with Crippen LogP contribution in [0.1, 0.15) is 85.7 Å². The van der Waals surface area contributed by atoms with Crippen molar-refractivity contribution in [2.75, 3.05) is 0 Å². The lowest BCUT2D eigenvalue weighted by Gasteiger charge is -2.31. The van der Waals surface area contributed by atoms with E-state index in [4.69, 9.17) is 9.47 Å². The van der Waals surface area contributed by atoms with Gasteiger partial charge >= 0.3 is 11.9 Å². The first-order valence-electron chi connectivity index (χ1n) is 11.6. The SMILES string of the molecule is CCc1ccc(C(=O)OC(CC)C(CC)C(CC)OC(=O)c2ccc(CC)cc2)cc1. The number of carbonyl (C=O) groups excluding carboxylic acids is 2. The first-order chi connectivity index (χ1) is 15.0. The van der Waals surface area contributed by atoms with E-state index >= 15 is 0 Å². The summed E-state index contributed by atoms with van der Waals surface area (Å²) < 4.78 is 11.8. The van der Waals surface area contributed by atoms with Crippen molar-refractivity contribution in [1.29, 1.82) is 0 Å². The van der Waals surface area contributed by atoms with Gasteiger partial charge in [0.15, 0.2) is 0 Å². The number of benzene rings is 2. The molecule has 31 heavy (non-hydrogen) atoms. The molecule has 2 atom stereocenters. The van der Waals surface area contributed by atoms with Gasteiger partial charge in [0.25, 0.3) is 0 Å². The molecule has 0 aromatic heterocycles. The molecular weight excluding hydrogens is 388 g/mol. The van der Waals surface area contributed by atoms with E-state index in [2.05, 4.69) is 13.8 Å². The highest BCUT2D eigenvalue weighted by Gasteiger charge is 2.32. The van der Waals surface area contributed by atoms with E-state index in [9.17, 15) is 9.59 Å². The predicted molar refractivity (Wildman–Crippen MR) is 124 cm³/mol. The summed E-state index contributed by atoms with van der Waals surface area (Å²) in [6.07, 6.45) is 3.30. The van der Waals surface area contributed by atoms with Gasteiger partial charge in [-0.25, -0.2) is 9.59 Å². The summed E-state index contributed by atoms with van der Waals surface area (Å²) >= 11 is 0. The fourth-order valence-corrected chi connectivity index (χ4v) is 3.88. The van der Waals surface area contributed by atoms with Crippen molar-refractivity contribution in [3.8, 4) is 0 Å². The molecule has 0 radical (unpaired) electrons. The predicted octanol–water partition coefficient (Wildman–Crippen LogP) is 6.41. The van der Waals surface area contributed by atoms with Gasteiger partial charge < -0.3 is 9.47 Å². The third kappa shape index (κ3) is 6.68. The summed E-state index contributed by atoms with van der Waals surface area (Å²) in [5.41, 5.74) is 3.46. The number of rotatable bonds is 11. The molecule has 0 aliphatic rings. The van der Waals surface area contributed by atoms with Crippen molar-refractivity contribution in [2.45, 2.75) is 78.9 Å². The molecule has 0 fully saturated rings. The van der Waals surface area contributed by atoms with Crippen LogP contribution in [0.4, 0.5) is 0 Å². The molecule has 4 nitrogen and oxygen atoms in total. The molecule has 0 amide bonds. The Morgan fingerprint density at radius 1 is 0.613 bits per heavy atom. The Morgan fingerprint density at radius 2 is 0.968 bits per heavy atom. The van der Waals surface area contributed by atoms with Crippen molar-refractivity contribution in [3.05, 3.63) is 70.8 Å². The summed E-state index contributed by atoms with van der Waals surface area (Å²) in [6, 6.07) is 15.1. The molecule has 0 saturated heterocycles. The van der Waals surface area contributed by atoms with Crippen molar-refractivity contribution in [3.63, 3.8) is 0 Å². The molecular formula is C27H36O4. The summed E-state index contributed by atoms with van der Waals surface area (Å²) in [4.78, 5) is 25.4. The quantitative estimate of drug-likeness (QED) is 0.391. The summed E-state index contributed by atoms with van der Waals surface area (Å²) in [5.74, 6) is -0.721. The zero-order valence-corrected chi connectivity index (χ0v) is 19.5. The molecule has 0 aliphatic carbocycles. The average molecular weight is 425 g/mol. The number of carbonyl (C=O) groups is 2. The van der Waals surface area contributed by atoms with Crippen molar-refractivity contribution in [1.82, 2.24) is 0 Å². The normalized spacial score (nSPS) is 13.8. The molecule has 0 heterocycles. The monoisotopic (exact) mass is 424 g/mol. The van der Waals surface area contributed by atoms with Gasteiger partial charge in [-0.3, -0.25) is 0 Å². The average Bonchev–Trinajstić information content (AvgIpc) is 2.82. The van der Waals surface area contributed by atoms with E-state index in [1.807, 2.05) is 69.3 Å². The van der Waals surface area contributed by atoms with Crippen LogP contribution < -0.4 is 0 Å². The van der Waals surface area contributed by atoms with Crippen LogP contribution in [-0.2, 0) is 22.3 Å². The van der Waals surface area contributed by atoms with Crippen LogP contribution in [0.15, 0.2) is 48.5 Å². The highest BCUT2D eigenvalue weighted by Crippen LogP contribution is 2.26. The summed E-state index contributed by atoms with van der Waals surface area (Å²) in [6.45, 7) is 10.2. The first kappa shape index (κ1) is 24.6. The molecule has 0 aliphatic heterocycles. The minimum Gasteiger partial charge on any atom is -0.458 e. The van der Waals surface area contributed by atoms with Gasteiger partial charge in [0.1, 0.15) is 12.2 Å². The fourth-order valence-electron chi connectivity index (χ4n) is 3.88. The lowest BCUT2D eigenvalue weighted by molar-refractivity contribution is -0.0362. The van der Waals surface area contributed by atoms with E-state index in [0.29, 0.717) is 24.0 Å². The van der Waals surface area contributed by atoms with Gasteiger partial charge in [0, 0.05) is 5.92 Å². The Hall–Kier alpha value is -2.62. The van der Waals surface area contributed by atoms with Crippen LogP contribution in [0.5, 0.6) is 0 Å². The van der Waals surface area contributed by atoms with Crippen LogP contribution in [0.25, 0.3) is 0 Å². The molecule has 0 saturated carbocycles. The minimum atomic E-state index is -0.329. The van der Waals surface area contributed by atoms with E-state index in [1.54, 1.807) is 0 Å². The Bertz CT molecular complexity index is 754. The number of aryl methyl sites for hydroxylation is 2. The third-order valence-corrected chi connectivity index (χ3v) is 5.94.